The van der Waals surface area contributed by atoms with E-state index in [2.05, 4.69) is 4.74 Å². The summed E-state index contributed by atoms with van der Waals surface area (Å²) in [6.45, 7) is 2.94. The summed E-state index contributed by atoms with van der Waals surface area (Å²) >= 11 is 0. The molecule has 1 N–H and O–H groups in total. The van der Waals surface area contributed by atoms with Gasteiger partial charge in [0, 0.05) is 25.2 Å². The molecular weight excluding hydrogens is 287 g/mol. The zero-order valence-corrected chi connectivity index (χ0v) is 11.4. The van der Waals surface area contributed by atoms with Gasteiger partial charge in [-0.1, -0.05) is 25.1 Å². The second-order valence-electron chi connectivity index (χ2n) is 5.27. The Morgan fingerprint density at radius 2 is 2.05 bits per heavy atom. The lowest BCUT2D eigenvalue weighted by Crippen LogP contribution is -2.24. The first-order chi connectivity index (χ1) is 9.76. The monoisotopic (exact) mass is 303 g/mol. The number of alkyl halides is 3. The maximum atomic E-state index is 12.4. The number of rotatable bonds is 4. The fourth-order valence-corrected chi connectivity index (χ4v) is 2.62. The lowest BCUT2D eigenvalue weighted by molar-refractivity contribution is -0.275. The van der Waals surface area contributed by atoms with Crippen molar-refractivity contribution in [1.82, 2.24) is 4.90 Å². The number of aliphatic carboxylic acids is 1. The second kappa shape index (κ2) is 5.93. The Morgan fingerprint density at radius 3 is 2.62 bits per heavy atom. The van der Waals surface area contributed by atoms with E-state index in [4.69, 9.17) is 5.11 Å². The van der Waals surface area contributed by atoms with E-state index in [9.17, 15) is 18.0 Å². The highest BCUT2D eigenvalue weighted by molar-refractivity contribution is 5.71. The number of carboxylic acids is 1. The Labute approximate surface area is 120 Å². The van der Waals surface area contributed by atoms with Gasteiger partial charge in [-0.15, -0.1) is 13.2 Å². The largest absolute Gasteiger partial charge is 0.573 e. The molecule has 2 rings (SSSR count). The lowest BCUT2D eigenvalue weighted by Gasteiger charge is -2.18. The maximum absolute atomic E-state index is 12.4. The molecule has 1 fully saturated rings. The van der Waals surface area contributed by atoms with Crippen LogP contribution in [0.25, 0.3) is 0 Å². The molecule has 4 nitrogen and oxygen atoms in total. The third-order valence-electron chi connectivity index (χ3n) is 3.60. The van der Waals surface area contributed by atoms with E-state index in [1.165, 1.54) is 12.1 Å². The van der Waals surface area contributed by atoms with Crippen LogP contribution in [-0.2, 0) is 11.3 Å². The molecule has 0 bridgehead atoms. The number of para-hydroxylation sites is 1. The number of benzene rings is 1. The molecule has 0 spiro atoms. The molecular formula is C14H16F3NO3. The Balaban J connectivity index is 2.09. The lowest BCUT2D eigenvalue weighted by atomic mass is 9.99. The SMILES string of the molecule is CC1CN(Cc2ccccc2OC(F)(F)F)CC1C(=O)O. The van der Waals surface area contributed by atoms with Crippen LogP contribution in [-0.4, -0.2) is 35.4 Å². The van der Waals surface area contributed by atoms with E-state index in [0.29, 0.717) is 18.7 Å². The summed E-state index contributed by atoms with van der Waals surface area (Å²) in [5, 5.41) is 9.07. The van der Waals surface area contributed by atoms with E-state index in [0.717, 1.165) is 0 Å². The smallest absolute Gasteiger partial charge is 0.481 e. The zero-order chi connectivity index (χ0) is 15.6. The minimum atomic E-state index is -4.74. The minimum absolute atomic E-state index is 0.0294. The Bertz CT molecular complexity index is 518. The molecule has 2 unspecified atom stereocenters. The van der Waals surface area contributed by atoms with Gasteiger partial charge in [-0.3, -0.25) is 9.69 Å². The zero-order valence-electron chi connectivity index (χ0n) is 11.4. The molecule has 1 aromatic carbocycles. The van der Waals surface area contributed by atoms with Crippen molar-refractivity contribution in [2.45, 2.75) is 19.8 Å². The highest BCUT2D eigenvalue weighted by Gasteiger charge is 2.36. The van der Waals surface area contributed by atoms with Gasteiger partial charge in [0.1, 0.15) is 5.75 Å². The Hall–Kier alpha value is -1.76. The van der Waals surface area contributed by atoms with Crippen molar-refractivity contribution in [1.29, 1.82) is 0 Å². The van der Waals surface area contributed by atoms with E-state index in [-0.39, 0.29) is 18.2 Å². The predicted molar refractivity (Wildman–Crippen MR) is 68.7 cm³/mol. The topological polar surface area (TPSA) is 49.8 Å². The molecule has 21 heavy (non-hydrogen) atoms. The van der Waals surface area contributed by atoms with Gasteiger partial charge in [0.25, 0.3) is 0 Å². The summed E-state index contributed by atoms with van der Waals surface area (Å²) in [6.07, 6.45) is -4.74. The third-order valence-corrected chi connectivity index (χ3v) is 3.60. The normalized spacial score (nSPS) is 23.2. The van der Waals surface area contributed by atoms with Crippen LogP contribution in [0.1, 0.15) is 12.5 Å². The maximum Gasteiger partial charge on any atom is 0.573 e. The molecule has 0 aromatic heterocycles. The predicted octanol–water partition coefficient (Wildman–Crippen LogP) is 2.74. The van der Waals surface area contributed by atoms with Crippen LogP contribution in [0.2, 0.25) is 0 Å². The highest BCUT2D eigenvalue weighted by Crippen LogP contribution is 2.30. The molecule has 1 aliphatic heterocycles. The van der Waals surface area contributed by atoms with Gasteiger partial charge < -0.3 is 9.84 Å². The summed E-state index contributed by atoms with van der Waals surface area (Å²) in [4.78, 5) is 12.9. The van der Waals surface area contributed by atoms with Gasteiger partial charge in [-0.05, 0) is 12.0 Å². The van der Waals surface area contributed by atoms with Crippen molar-refractivity contribution in [2.75, 3.05) is 13.1 Å². The van der Waals surface area contributed by atoms with Gasteiger partial charge in [0.2, 0.25) is 0 Å². The molecule has 0 aliphatic carbocycles. The summed E-state index contributed by atoms with van der Waals surface area (Å²) in [7, 11) is 0. The Kier molecular flexibility index (Phi) is 4.41. The van der Waals surface area contributed by atoms with Crippen LogP contribution in [0.15, 0.2) is 24.3 Å². The molecule has 0 radical (unpaired) electrons. The standard InChI is InChI=1S/C14H16F3NO3/c1-9-6-18(8-11(9)13(19)20)7-10-4-2-3-5-12(10)21-14(15,16)17/h2-5,9,11H,6-8H2,1H3,(H,19,20). The third kappa shape index (κ3) is 4.10. The molecule has 116 valence electrons. The van der Waals surface area contributed by atoms with Gasteiger partial charge in [-0.2, -0.15) is 0 Å². The van der Waals surface area contributed by atoms with Gasteiger partial charge >= 0.3 is 12.3 Å². The van der Waals surface area contributed by atoms with E-state index >= 15 is 0 Å². The molecule has 7 heteroatoms. The van der Waals surface area contributed by atoms with E-state index in [1.807, 2.05) is 11.8 Å². The molecule has 0 saturated carbocycles. The molecule has 0 amide bonds. The minimum Gasteiger partial charge on any atom is -0.481 e. The molecule has 1 heterocycles. The van der Waals surface area contributed by atoms with Crippen LogP contribution in [0.5, 0.6) is 5.75 Å². The van der Waals surface area contributed by atoms with Crippen LogP contribution >= 0.6 is 0 Å². The first-order valence-corrected chi connectivity index (χ1v) is 6.55. The second-order valence-corrected chi connectivity index (χ2v) is 5.27. The molecule has 1 aromatic rings. The van der Waals surface area contributed by atoms with Crippen molar-refractivity contribution < 1.29 is 27.8 Å². The van der Waals surface area contributed by atoms with Crippen LogP contribution in [0, 0.1) is 11.8 Å². The number of ether oxygens (including phenoxy) is 1. The number of carbonyl (C=O) groups is 1. The fraction of sp³-hybridized carbons (Fsp3) is 0.500. The van der Waals surface area contributed by atoms with Gasteiger partial charge in [-0.25, -0.2) is 0 Å². The average molecular weight is 303 g/mol. The fourth-order valence-electron chi connectivity index (χ4n) is 2.62. The first-order valence-electron chi connectivity index (χ1n) is 6.55. The average Bonchev–Trinajstić information content (AvgIpc) is 2.71. The number of nitrogens with zero attached hydrogens (tertiary/aromatic N) is 1. The van der Waals surface area contributed by atoms with Crippen LogP contribution < -0.4 is 4.74 Å². The van der Waals surface area contributed by atoms with E-state index < -0.39 is 18.2 Å². The quantitative estimate of drug-likeness (QED) is 0.929. The number of carboxylic acid groups (broad SMARTS) is 1. The number of hydrogen-bond donors (Lipinski definition) is 1. The summed E-state index contributed by atoms with van der Waals surface area (Å²) in [5.41, 5.74) is 0.396. The van der Waals surface area contributed by atoms with Crippen molar-refractivity contribution in [3.8, 4) is 5.75 Å². The van der Waals surface area contributed by atoms with Crippen molar-refractivity contribution >= 4 is 5.97 Å². The number of halogens is 3. The summed E-state index contributed by atoms with van der Waals surface area (Å²) < 4.78 is 41.1. The Morgan fingerprint density at radius 1 is 1.38 bits per heavy atom. The molecule has 1 saturated heterocycles. The first kappa shape index (κ1) is 15.6. The summed E-state index contributed by atoms with van der Waals surface area (Å²) in [6, 6.07) is 5.92. The molecule has 2 atom stereocenters. The van der Waals surface area contributed by atoms with E-state index in [1.54, 1.807) is 12.1 Å². The van der Waals surface area contributed by atoms with Crippen LogP contribution in [0.3, 0.4) is 0 Å². The van der Waals surface area contributed by atoms with Crippen molar-refractivity contribution in [3.05, 3.63) is 29.8 Å². The van der Waals surface area contributed by atoms with Crippen LogP contribution in [0.4, 0.5) is 13.2 Å². The number of likely N-dealkylation sites (tertiary alicyclic amines) is 1. The van der Waals surface area contributed by atoms with Crippen molar-refractivity contribution in [2.24, 2.45) is 11.8 Å². The van der Waals surface area contributed by atoms with Gasteiger partial charge in [0.05, 0.1) is 5.92 Å². The molecule has 1 aliphatic rings. The van der Waals surface area contributed by atoms with Crippen molar-refractivity contribution in [3.63, 3.8) is 0 Å². The number of hydrogen-bond acceptors (Lipinski definition) is 3. The summed E-state index contributed by atoms with van der Waals surface area (Å²) in [5.74, 6) is -1.62. The van der Waals surface area contributed by atoms with Gasteiger partial charge in [0.15, 0.2) is 0 Å². The highest BCUT2D eigenvalue weighted by atomic mass is 19.4.